The lowest BCUT2D eigenvalue weighted by atomic mass is 9.76. The molecule has 4 nitrogen and oxygen atoms in total. The van der Waals surface area contributed by atoms with Crippen LogP contribution in [0, 0.1) is 5.92 Å². The molecule has 1 aliphatic heterocycles. The van der Waals surface area contributed by atoms with Crippen molar-refractivity contribution in [1.82, 2.24) is 4.90 Å². The second kappa shape index (κ2) is 6.70. The van der Waals surface area contributed by atoms with E-state index in [1.807, 2.05) is 0 Å². The number of ether oxygens (including phenoxy) is 2. The fourth-order valence-corrected chi connectivity index (χ4v) is 4.74. The minimum Gasteiger partial charge on any atom is -0.493 e. The van der Waals surface area contributed by atoms with Crippen LogP contribution in [0.1, 0.15) is 35.6 Å². The molecule has 0 spiro atoms. The third-order valence-corrected chi connectivity index (χ3v) is 6.64. The summed E-state index contributed by atoms with van der Waals surface area (Å²) in [5.41, 5.74) is 8.12. The van der Waals surface area contributed by atoms with Crippen LogP contribution in [0.15, 0.2) is 24.3 Å². The number of benzene rings is 2. The Kier molecular flexibility index (Phi) is 4.27. The monoisotopic (exact) mass is 378 g/mol. The standard InChI is InChI=1S/C24H30N2O2/c1-25(2)18-8-7-16-11-20-22-17(9-10-26(20)3)12-21(27-4)24(23(22)19(16)13-18)28-14-15-5-6-15/h7-8,12-13,15,20H,5-6,9-11,14H2,1-4H3. The average Bonchev–Trinajstić information content (AvgIpc) is 3.52. The lowest BCUT2D eigenvalue weighted by molar-refractivity contribution is 0.225. The van der Waals surface area contributed by atoms with Gasteiger partial charge in [-0.3, -0.25) is 4.90 Å². The summed E-state index contributed by atoms with van der Waals surface area (Å²) in [5, 5.41) is 0. The summed E-state index contributed by atoms with van der Waals surface area (Å²) < 4.78 is 12.3. The highest BCUT2D eigenvalue weighted by Crippen LogP contribution is 2.53. The molecule has 0 aromatic heterocycles. The summed E-state index contributed by atoms with van der Waals surface area (Å²) in [7, 11) is 8.23. The van der Waals surface area contributed by atoms with Crippen molar-refractivity contribution in [3.8, 4) is 22.6 Å². The van der Waals surface area contributed by atoms with Gasteiger partial charge in [-0.25, -0.2) is 0 Å². The van der Waals surface area contributed by atoms with E-state index < -0.39 is 0 Å². The quantitative estimate of drug-likeness (QED) is 0.774. The minimum absolute atomic E-state index is 0.422. The zero-order chi connectivity index (χ0) is 19.4. The van der Waals surface area contributed by atoms with Crippen LogP contribution in [-0.4, -0.2) is 46.3 Å². The molecule has 5 rings (SSSR count). The highest BCUT2D eigenvalue weighted by Gasteiger charge is 2.37. The Labute approximate surface area is 168 Å². The van der Waals surface area contributed by atoms with Gasteiger partial charge in [0.2, 0.25) is 0 Å². The van der Waals surface area contributed by atoms with Crippen LogP contribution in [0.4, 0.5) is 5.69 Å². The molecular weight excluding hydrogens is 348 g/mol. The molecule has 0 saturated heterocycles. The van der Waals surface area contributed by atoms with E-state index in [-0.39, 0.29) is 0 Å². The molecule has 1 unspecified atom stereocenters. The Balaban J connectivity index is 1.75. The van der Waals surface area contributed by atoms with Crippen molar-refractivity contribution in [2.75, 3.05) is 46.3 Å². The van der Waals surface area contributed by atoms with Gasteiger partial charge in [0.15, 0.2) is 11.5 Å². The van der Waals surface area contributed by atoms with Crippen molar-refractivity contribution in [1.29, 1.82) is 0 Å². The average molecular weight is 379 g/mol. The Morgan fingerprint density at radius 2 is 1.96 bits per heavy atom. The van der Waals surface area contributed by atoms with Gasteiger partial charge in [0.25, 0.3) is 0 Å². The zero-order valence-corrected chi connectivity index (χ0v) is 17.4. The number of rotatable bonds is 5. The van der Waals surface area contributed by atoms with Crippen molar-refractivity contribution in [3.63, 3.8) is 0 Å². The lowest BCUT2D eigenvalue weighted by Gasteiger charge is -2.41. The van der Waals surface area contributed by atoms with Gasteiger partial charge in [-0.05, 0) is 79.1 Å². The van der Waals surface area contributed by atoms with Gasteiger partial charge in [-0.2, -0.15) is 0 Å². The first-order chi connectivity index (χ1) is 13.6. The molecule has 2 aromatic carbocycles. The van der Waals surface area contributed by atoms with Gasteiger partial charge < -0.3 is 14.4 Å². The van der Waals surface area contributed by atoms with Crippen LogP contribution in [0.25, 0.3) is 11.1 Å². The van der Waals surface area contributed by atoms with E-state index >= 15 is 0 Å². The summed E-state index contributed by atoms with van der Waals surface area (Å²) in [4.78, 5) is 4.68. The van der Waals surface area contributed by atoms with E-state index in [0.717, 1.165) is 37.5 Å². The first kappa shape index (κ1) is 17.9. The van der Waals surface area contributed by atoms with Crippen LogP contribution < -0.4 is 14.4 Å². The predicted molar refractivity (Wildman–Crippen MR) is 114 cm³/mol. The van der Waals surface area contributed by atoms with Crippen molar-refractivity contribution < 1.29 is 9.47 Å². The summed E-state index contributed by atoms with van der Waals surface area (Å²) in [6.07, 6.45) is 4.70. The molecule has 2 aliphatic carbocycles. The van der Waals surface area contributed by atoms with Gasteiger partial charge in [0, 0.05) is 37.9 Å². The van der Waals surface area contributed by atoms with E-state index in [0.29, 0.717) is 12.0 Å². The summed E-state index contributed by atoms with van der Waals surface area (Å²) in [6, 6.07) is 9.53. The fraction of sp³-hybridized carbons (Fsp3) is 0.500. The maximum Gasteiger partial charge on any atom is 0.169 e. The fourth-order valence-electron chi connectivity index (χ4n) is 4.74. The van der Waals surface area contributed by atoms with Gasteiger partial charge in [0.05, 0.1) is 13.7 Å². The third kappa shape index (κ3) is 2.86. The number of hydrogen-bond donors (Lipinski definition) is 0. The van der Waals surface area contributed by atoms with Crippen molar-refractivity contribution in [2.24, 2.45) is 5.92 Å². The molecule has 3 aliphatic rings. The summed E-state index contributed by atoms with van der Waals surface area (Å²) in [6.45, 7) is 1.89. The largest absolute Gasteiger partial charge is 0.493 e. The molecule has 148 valence electrons. The third-order valence-electron chi connectivity index (χ3n) is 6.64. The van der Waals surface area contributed by atoms with Crippen molar-refractivity contribution in [3.05, 3.63) is 41.0 Å². The molecule has 28 heavy (non-hydrogen) atoms. The molecular formula is C24H30N2O2. The second-order valence-electron chi connectivity index (χ2n) is 8.80. The Morgan fingerprint density at radius 1 is 1.14 bits per heavy atom. The molecule has 0 radical (unpaired) electrons. The van der Waals surface area contributed by atoms with E-state index in [9.17, 15) is 0 Å². The molecule has 1 atom stereocenters. The molecule has 2 aromatic rings. The van der Waals surface area contributed by atoms with Crippen molar-refractivity contribution >= 4 is 5.69 Å². The first-order valence-corrected chi connectivity index (χ1v) is 10.4. The number of methoxy groups -OCH3 is 1. The molecule has 0 bridgehead atoms. The molecule has 4 heteroatoms. The molecule has 0 amide bonds. The summed E-state index contributed by atoms with van der Waals surface area (Å²) >= 11 is 0. The highest BCUT2D eigenvalue weighted by atomic mass is 16.5. The normalized spacial score (nSPS) is 20.4. The molecule has 0 N–H and O–H groups in total. The van der Waals surface area contributed by atoms with Crippen LogP contribution >= 0.6 is 0 Å². The van der Waals surface area contributed by atoms with Gasteiger partial charge in [0.1, 0.15) is 0 Å². The summed E-state index contributed by atoms with van der Waals surface area (Å²) in [5.74, 6) is 2.55. The lowest BCUT2D eigenvalue weighted by Crippen LogP contribution is -2.35. The number of fused-ring (bicyclic) bond motifs is 2. The van der Waals surface area contributed by atoms with E-state index in [1.165, 1.54) is 46.3 Å². The SMILES string of the molecule is COc1cc2c3c(c1OCC1CC1)-c1cc(N(C)C)ccc1CC3N(C)CC2. The Hall–Kier alpha value is -2.20. The van der Waals surface area contributed by atoms with E-state index in [1.54, 1.807) is 7.11 Å². The molecule has 1 fully saturated rings. The predicted octanol–water partition coefficient (Wildman–Crippen LogP) is 4.30. The second-order valence-corrected chi connectivity index (χ2v) is 8.80. The maximum absolute atomic E-state index is 6.46. The van der Waals surface area contributed by atoms with Crippen LogP contribution in [0.2, 0.25) is 0 Å². The highest BCUT2D eigenvalue weighted by molar-refractivity contribution is 5.85. The minimum atomic E-state index is 0.422. The van der Waals surface area contributed by atoms with E-state index in [4.69, 9.17) is 9.47 Å². The van der Waals surface area contributed by atoms with Gasteiger partial charge in [-0.1, -0.05) is 6.07 Å². The topological polar surface area (TPSA) is 24.9 Å². The number of likely N-dealkylation sites (N-methyl/N-ethyl adjacent to an activating group) is 1. The van der Waals surface area contributed by atoms with Crippen LogP contribution in [0.3, 0.4) is 0 Å². The van der Waals surface area contributed by atoms with Crippen molar-refractivity contribution in [2.45, 2.75) is 31.7 Å². The molecule has 1 heterocycles. The number of anilines is 1. The number of nitrogens with zero attached hydrogens (tertiary/aromatic N) is 2. The first-order valence-electron chi connectivity index (χ1n) is 10.4. The Morgan fingerprint density at radius 3 is 2.68 bits per heavy atom. The van der Waals surface area contributed by atoms with Crippen LogP contribution in [0.5, 0.6) is 11.5 Å². The Bertz CT molecular complexity index is 917. The van der Waals surface area contributed by atoms with Gasteiger partial charge >= 0.3 is 0 Å². The zero-order valence-electron chi connectivity index (χ0n) is 17.4. The van der Waals surface area contributed by atoms with Gasteiger partial charge in [-0.15, -0.1) is 0 Å². The number of hydrogen-bond acceptors (Lipinski definition) is 4. The van der Waals surface area contributed by atoms with Crippen LogP contribution in [-0.2, 0) is 12.8 Å². The molecule has 1 saturated carbocycles. The van der Waals surface area contributed by atoms with E-state index in [2.05, 4.69) is 55.2 Å². The maximum atomic E-state index is 6.46. The smallest absolute Gasteiger partial charge is 0.169 e.